The Hall–Kier alpha value is -1.85. The Balaban J connectivity index is 3.09. The van der Waals surface area contributed by atoms with Crippen molar-refractivity contribution in [3.63, 3.8) is 0 Å². The van der Waals surface area contributed by atoms with Crippen LogP contribution in [0.2, 0.25) is 0 Å². The summed E-state index contributed by atoms with van der Waals surface area (Å²) in [6, 6.07) is 2.71. The van der Waals surface area contributed by atoms with E-state index in [1.165, 1.54) is 0 Å². The molecule has 0 saturated carbocycles. The molecule has 21 heavy (non-hydrogen) atoms. The summed E-state index contributed by atoms with van der Waals surface area (Å²) < 4.78 is 55.5. The summed E-state index contributed by atoms with van der Waals surface area (Å²) in [5.41, 5.74) is -0.616. The molecular weight excluding hydrogens is 314 g/mol. The molecule has 11 heteroatoms. The largest absolute Gasteiger partial charge is 0.490 e. The molecule has 0 aliphatic rings. The maximum absolute atomic E-state index is 12.8. The Kier molecular flexibility index (Phi) is 5.15. The highest BCUT2D eigenvalue weighted by Crippen LogP contribution is 2.29. The zero-order chi connectivity index (χ0) is 16.3. The molecular formula is C10H12F2N2O6S. The number of hydrogen-bond donors (Lipinski definition) is 2. The van der Waals surface area contributed by atoms with Gasteiger partial charge in [0, 0.05) is 6.07 Å². The van der Waals surface area contributed by atoms with E-state index in [1.807, 2.05) is 0 Å². The van der Waals surface area contributed by atoms with Gasteiger partial charge in [-0.1, -0.05) is 0 Å². The highest BCUT2D eigenvalue weighted by molar-refractivity contribution is 7.89. The van der Waals surface area contributed by atoms with Crippen LogP contribution in [0, 0.1) is 10.1 Å². The minimum Gasteiger partial charge on any atom is -0.490 e. The van der Waals surface area contributed by atoms with Crippen LogP contribution in [0.25, 0.3) is 0 Å². The normalized spacial score (nSPS) is 12.2. The van der Waals surface area contributed by atoms with Gasteiger partial charge < -0.3 is 9.84 Å². The maximum atomic E-state index is 12.8. The van der Waals surface area contributed by atoms with E-state index in [-0.39, 0.29) is 5.75 Å². The summed E-state index contributed by atoms with van der Waals surface area (Å²) in [6.07, 6.45) is 0. The predicted octanol–water partition coefficient (Wildman–Crippen LogP) is 0.509. The quantitative estimate of drug-likeness (QED) is 0.556. The number of rotatable bonds is 7. The highest BCUT2D eigenvalue weighted by atomic mass is 32.2. The second kappa shape index (κ2) is 6.28. The lowest BCUT2D eigenvalue weighted by Crippen LogP contribution is -2.38. The number of hydrogen-bond acceptors (Lipinski definition) is 6. The zero-order valence-corrected chi connectivity index (χ0v) is 11.6. The number of alkyl halides is 2. The molecule has 8 nitrogen and oxygen atoms in total. The lowest BCUT2D eigenvalue weighted by atomic mass is 10.3. The summed E-state index contributed by atoms with van der Waals surface area (Å²) in [4.78, 5) is 9.35. The van der Waals surface area contributed by atoms with Crippen molar-refractivity contribution in [3.8, 4) is 5.75 Å². The van der Waals surface area contributed by atoms with Crippen LogP contribution >= 0.6 is 0 Å². The van der Waals surface area contributed by atoms with E-state index in [9.17, 15) is 27.3 Å². The van der Waals surface area contributed by atoms with Crippen molar-refractivity contribution >= 4 is 15.7 Å². The second-order valence-corrected chi connectivity index (χ2v) is 5.70. The van der Waals surface area contributed by atoms with Gasteiger partial charge in [0.15, 0.2) is 5.75 Å². The van der Waals surface area contributed by atoms with E-state index in [0.29, 0.717) is 6.07 Å². The number of nitrogens with one attached hydrogen (secondary N) is 1. The maximum Gasteiger partial charge on any atom is 0.312 e. The number of nitro benzene ring substituents is 1. The van der Waals surface area contributed by atoms with Crippen LogP contribution in [0.1, 0.15) is 0 Å². The fraction of sp³-hybridized carbons (Fsp3) is 0.400. The third-order valence-corrected chi connectivity index (χ3v) is 3.81. The number of benzene rings is 1. The van der Waals surface area contributed by atoms with Crippen molar-refractivity contribution in [1.82, 2.24) is 4.72 Å². The van der Waals surface area contributed by atoms with E-state index in [1.54, 1.807) is 4.72 Å². The van der Waals surface area contributed by atoms with Crippen molar-refractivity contribution in [2.45, 2.75) is 10.8 Å². The third kappa shape index (κ3) is 4.31. The van der Waals surface area contributed by atoms with Crippen molar-refractivity contribution in [1.29, 1.82) is 0 Å². The van der Waals surface area contributed by atoms with Gasteiger partial charge in [-0.05, 0) is 12.1 Å². The molecule has 0 bridgehead atoms. The van der Waals surface area contributed by atoms with E-state index >= 15 is 0 Å². The van der Waals surface area contributed by atoms with Crippen LogP contribution in [-0.2, 0) is 10.0 Å². The average Bonchev–Trinajstić information content (AvgIpc) is 2.44. The molecule has 0 unspecified atom stereocenters. The van der Waals surface area contributed by atoms with Crippen LogP contribution < -0.4 is 9.46 Å². The van der Waals surface area contributed by atoms with Crippen molar-refractivity contribution < 1.29 is 32.0 Å². The van der Waals surface area contributed by atoms with Crippen LogP contribution in [0.15, 0.2) is 23.1 Å². The van der Waals surface area contributed by atoms with Gasteiger partial charge in [0.2, 0.25) is 10.0 Å². The van der Waals surface area contributed by atoms with E-state index < -0.39 is 44.6 Å². The number of nitro groups is 1. The average molecular weight is 326 g/mol. The van der Waals surface area contributed by atoms with Gasteiger partial charge in [0.1, 0.15) is 6.61 Å². The van der Waals surface area contributed by atoms with Crippen LogP contribution in [0.4, 0.5) is 14.5 Å². The summed E-state index contributed by atoms with van der Waals surface area (Å²) in [5, 5.41) is 19.1. The number of nitrogens with zero attached hydrogens (tertiary/aromatic N) is 1. The lowest BCUT2D eigenvalue weighted by molar-refractivity contribution is -0.386. The fourth-order valence-corrected chi connectivity index (χ4v) is 2.40. The van der Waals surface area contributed by atoms with Gasteiger partial charge >= 0.3 is 5.69 Å². The first-order valence-electron chi connectivity index (χ1n) is 5.44. The van der Waals surface area contributed by atoms with E-state index in [2.05, 4.69) is 0 Å². The zero-order valence-electron chi connectivity index (χ0n) is 10.7. The Labute approximate surface area is 118 Å². The molecule has 0 atom stereocenters. The van der Waals surface area contributed by atoms with Gasteiger partial charge in [0.25, 0.3) is 5.92 Å². The second-order valence-electron chi connectivity index (χ2n) is 3.93. The number of aliphatic hydroxyl groups excluding tert-OH is 1. The smallest absolute Gasteiger partial charge is 0.312 e. The Morgan fingerprint density at radius 3 is 2.57 bits per heavy atom. The predicted molar refractivity (Wildman–Crippen MR) is 66.9 cm³/mol. The third-order valence-electron chi connectivity index (χ3n) is 2.41. The molecule has 0 amide bonds. The first kappa shape index (κ1) is 17.2. The van der Waals surface area contributed by atoms with Gasteiger partial charge in [-0.3, -0.25) is 10.1 Å². The molecule has 0 spiro atoms. The Morgan fingerprint density at radius 1 is 1.48 bits per heavy atom. The first-order chi connectivity index (χ1) is 9.63. The molecule has 0 fully saturated rings. The summed E-state index contributed by atoms with van der Waals surface area (Å²) in [5.74, 6) is -3.80. The van der Waals surface area contributed by atoms with Crippen LogP contribution in [0.5, 0.6) is 5.75 Å². The molecule has 1 aromatic carbocycles. The van der Waals surface area contributed by atoms with Gasteiger partial charge in [0.05, 0.1) is 23.5 Å². The molecule has 0 radical (unpaired) electrons. The Bertz CT molecular complexity index is 634. The van der Waals surface area contributed by atoms with Gasteiger partial charge in [-0.15, -0.1) is 0 Å². The van der Waals surface area contributed by atoms with Gasteiger partial charge in [-0.25, -0.2) is 21.9 Å². The molecule has 2 N–H and O–H groups in total. The SMILES string of the molecule is COc1ccc(S(=O)(=O)NCC(F)(F)CO)cc1[N+](=O)[O-]. The molecule has 0 aromatic heterocycles. The molecule has 0 aliphatic carbocycles. The molecule has 0 aliphatic heterocycles. The van der Waals surface area contributed by atoms with E-state index in [0.717, 1.165) is 19.2 Å². The monoisotopic (exact) mass is 326 g/mol. The van der Waals surface area contributed by atoms with E-state index in [4.69, 9.17) is 9.84 Å². The molecule has 0 saturated heterocycles. The number of methoxy groups -OCH3 is 1. The fourth-order valence-electron chi connectivity index (χ4n) is 1.32. The number of ether oxygens (including phenoxy) is 1. The molecule has 0 heterocycles. The molecule has 1 aromatic rings. The van der Waals surface area contributed by atoms with Crippen molar-refractivity contribution in [2.24, 2.45) is 0 Å². The minimum atomic E-state index is -4.39. The Morgan fingerprint density at radius 2 is 2.10 bits per heavy atom. The first-order valence-corrected chi connectivity index (χ1v) is 6.92. The molecule has 1 rings (SSSR count). The summed E-state index contributed by atoms with van der Waals surface area (Å²) in [6.45, 7) is -2.86. The molecule has 118 valence electrons. The number of halogens is 2. The highest BCUT2D eigenvalue weighted by Gasteiger charge is 2.31. The minimum absolute atomic E-state index is 0.167. The van der Waals surface area contributed by atoms with Crippen molar-refractivity contribution in [3.05, 3.63) is 28.3 Å². The van der Waals surface area contributed by atoms with Gasteiger partial charge in [-0.2, -0.15) is 0 Å². The van der Waals surface area contributed by atoms with Crippen LogP contribution in [-0.4, -0.2) is 44.6 Å². The summed E-state index contributed by atoms with van der Waals surface area (Å²) >= 11 is 0. The van der Waals surface area contributed by atoms with Crippen LogP contribution in [0.3, 0.4) is 0 Å². The summed E-state index contributed by atoms with van der Waals surface area (Å²) in [7, 11) is -3.22. The standard InChI is InChI=1S/C10H12F2N2O6S/c1-20-9-3-2-7(4-8(9)14(16)17)21(18,19)13-5-10(11,12)6-15/h2-4,13,15H,5-6H2,1H3. The van der Waals surface area contributed by atoms with Crippen molar-refractivity contribution in [2.75, 3.05) is 20.3 Å². The number of aliphatic hydroxyl groups is 1. The lowest BCUT2D eigenvalue weighted by Gasteiger charge is -2.14. The number of sulfonamides is 1. The topological polar surface area (TPSA) is 119 Å².